The molecule has 1 saturated heterocycles. The van der Waals surface area contributed by atoms with Gasteiger partial charge in [-0.15, -0.1) is 0 Å². The predicted molar refractivity (Wildman–Crippen MR) is 64.2 cm³/mol. The van der Waals surface area contributed by atoms with E-state index >= 15 is 0 Å². The molecule has 0 aromatic carbocycles. The Hall–Kier alpha value is -0.120. The minimum absolute atomic E-state index is 0.621. The van der Waals surface area contributed by atoms with Gasteiger partial charge in [-0.25, -0.2) is 0 Å². The summed E-state index contributed by atoms with van der Waals surface area (Å²) in [5.74, 6) is 0.621. The Kier molecular flexibility index (Phi) is 6.22. The Labute approximate surface area is 94.2 Å². The third-order valence-electron chi connectivity index (χ3n) is 3.16. The zero-order valence-electron chi connectivity index (χ0n) is 10.5. The van der Waals surface area contributed by atoms with Gasteiger partial charge in [-0.3, -0.25) is 0 Å². The number of hydrogen-bond acceptors (Lipinski definition) is 3. The smallest absolute Gasteiger partial charge is 0.0499 e. The standard InChI is InChI=1S/C12H26N2O/c1-11(10-15-3)9-13-12-5-4-7-14(2)8-6-12/h11-13H,4-10H2,1-3H3. The van der Waals surface area contributed by atoms with Gasteiger partial charge in [-0.1, -0.05) is 6.92 Å². The summed E-state index contributed by atoms with van der Waals surface area (Å²) >= 11 is 0. The summed E-state index contributed by atoms with van der Waals surface area (Å²) < 4.78 is 5.14. The lowest BCUT2D eigenvalue weighted by atomic mass is 10.1. The highest BCUT2D eigenvalue weighted by atomic mass is 16.5. The molecule has 1 rings (SSSR count). The minimum atomic E-state index is 0.621. The van der Waals surface area contributed by atoms with Gasteiger partial charge in [0.1, 0.15) is 0 Å². The van der Waals surface area contributed by atoms with Crippen LogP contribution in [0.15, 0.2) is 0 Å². The van der Waals surface area contributed by atoms with Gasteiger partial charge in [0, 0.05) is 26.3 Å². The van der Waals surface area contributed by atoms with Crippen LogP contribution in [0.2, 0.25) is 0 Å². The van der Waals surface area contributed by atoms with E-state index in [1.807, 2.05) is 0 Å². The van der Waals surface area contributed by atoms with Crippen LogP contribution in [0.1, 0.15) is 26.2 Å². The van der Waals surface area contributed by atoms with E-state index in [2.05, 4.69) is 24.2 Å². The van der Waals surface area contributed by atoms with Crippen LogP contribution in [-0.4, -0.2) is 51.3 Å². The topological polar surface area (TPSA) is 24.5 Å². The van der Waals surface area contributed by atoms with E-state index in [1.165, 1.54) is 32.4 Å². The highest BCUT2D eigenvalue weighted by molar-refractivity contribution is 4.74. The largest absolute Gasteiger partial charge is 0.384 e. The molecule has 2 atom stereocenters. The summed E-state index contributed by atoms with van der Waals surface area (Å²) in [5, 5.41) is 3.66. The monoisotopic (exact) mass is 214 g/mol. The molecule has 0 aromatic rings. The Balaban J connectivity index is 2.14. The van der Waals surface area contributed by atoms with Crippen LogP contribution >= 0.6 is 0 Å². The number of hydrogen-bond donors (Lipinski definition) is 1. The van der Waals surface area contributed by atoms with Gasteiger partial charge < -0.3 is 15.0 Å². The second kappa shape index (κ2) is 7.20. The van der Waals surface area contributed by atoms with E-state index in [9.17, 15) is 0 Å². The first-order chi connectivity index (χ1) is 7.22. The van der Waals surface area contributed by atoms with Crippen molar-refractivity contribution in [3.8, 4) is 0 Å². The van der Waals surface area contributed by atoms with Gasteiger partial charge in [0.2, 0.25) is 0 Å². The zero-order valence-corrected chi connectivity index (χ0v) is 10.5. The second-order valence-electron chi connectivity index (χ2n) is 4.90. The Morgan fingerprint density at radius 2 is 2.20 bits per heavy atom. The normalized spacial score (nSPS) is 26.2. The molecule has 3 nitrogen and oxygen atoms in total. The van der Waals surface area contributed by atoms with Crippen LogP contribution in [0.3, 0.4) is 0 Å². The second-order valence-corrected chi connectivity index (χ2v) is 4.90. The lowest BCUT2D eigenvalue weighted by Crippen LogP contribution is -2.34. The van der Waals surface area contributed by atoms with Crippen LogP contribution in [0.5, 0.6) is 0 Å². The third-order valence-corrected chi connectivity index (χ3v) is 3.16. The molecule has 0 radical (unpaired) electrons. The number of rotatable bonds is 5. The van der Waals surface area contributed by atoms with E-state index in [0.29, 0.717) is 12.0 Å². The molecule has 1 aliphatic heterocycles. The number of methoxy groups -OCH3 is 1. The SMILES string of the molecule is COCC(C)CNC1CCCN(C)CC1. The van der Waals surface area contributed by atoms with Crippen LogP contribution in [0, 0.1) is 5.92 Å². The first kappa shape index (κ1) is 12.9. The molecule has 2 unspecified atom stereocenters. The van der Waals surface area contributed by atoms with Crippen molar-refractivity contribution in [2.45, 2.75) is 32.2 Å². The highest BCUT2D eigenvalue weighted by Crippen LogP contribution is 2.09. The Morgan fingerprint density at radius 1 is 1.40 bits per heavy atom. The molecule has 0 amide bonds. The van der Waals surface area contributed by atoms with Crippen molar-refractivity contribution in [1.82, 2.24) is 10.2 Å². The fraction of sp³-hybridized carbons (Fsp3) is 1.00. The van der Waals surface area contributed by atoms with Crippen molar-refractivity contribution >= 4 is 0 Å². The van der Waals surface area contributed by atoms with Gasteiger partial charge in [-0.2, -0.15) is 0 Å². The highest BCUT2D eigenvalue weighted by Gasteiger charge is 2.14. The van der Waals surface area contributed by atoms with E-state index in [0.717, 1.165) is 13.2 Å². The van der Waals surface area contributed by atoms with Gasteiger partial charge >= 0.3 is 0 Å². The average Bonchev–Trinajstić information content (AvgIpc) is 2.41. The molecule has 0 bridgehead atoms. The summed E-state index contributed by atoms with van der Waals surface area (Å²) in [5.41, 5.74) is 0. The maximum Gasteiger partial charge on any atom is 0.0499 e. The van der Waals surface area contributed by atoms with Crippen molar-refractivity contribution in [3.63, 3.8) is 0 Å². The maximum absolute atomic E-state index is 5.14. The van der Waals surface area contributed by atoms with Crippen LogP contribution in [0.4, 0.5) is 0 Å². The van der Waals surface area contributed by atoms with Crippen molar-refractivity contribution in [1.29, 1.82) is 0 Å². The molecule has 0 aliphatic carbocycles. The van der Waals surface area contributed by atoms with E-state index in [1.54, 1.807) is 7.11 Å². The first-order valence-corrected chi connectivity index (χ1v) is 6.13. The number of nitrogens with zero attached hydrogens (tertiary/aromatic N) is 1. The molecule has 15 heavy (non-hydrogen) atoms. The van der Waals surface area contributed by atoms with Crippen LogP contribution in [-0.2, 0) is 4.74 Å². The molecule has 90 valence electrons. The number of ether oxygens (including phenoxy) is 1. The lowest BCUT2D eigenvalue weighted by molar-refractivity contribution is 0.156. The predicted octanol–water partition coefficient (Wildman–Crippen LogP) is 1.34. The van der Waals surface area contributed by atoms with E-state index < -0.39 is 0 Å². The molecular formula is C12H26N2O. The van der Waals surface area contributed by atoms with Gasteiger partial charge in [0.15, 0.2) is 0 Å². The summed E-state index contributed by atoms with van der Waals surface area (Å²) in [6, 6.07) is 0.717. The molecular weight excluding hydrogens is 188 g/mol. The summed E-state index contributed by atoms with van der Waals surface area (Å²) in [6.45, 7) is 6.67. The number of nitrogens with one attached hydrogen (secondary N) is 1. The number of likely N-dealkylation sites (tertiary alicyclic amines) is 1. The van der Waals surface area contributed by atoms with Crippen molar-refractivity contribution < 1.29 is 4.74 Å². The van der Waals surface area contributed by atoms with Gasteiger partial charge in [-0.05, 0) is 45.3 Å². The van der Waals surface area contributed by atoms with Crippen LogP contribution < -0.4 is 5.32 Å². The van der Waals surface area contributed by atoms with Crippen LogP contribution in [0.25, 0.3) is 0 Å². The maximum atomic E-state index is 5.14. The van der Waals surface area contributed by atoms with Crippen molar-refractivity contribution in [2.24, 2.45) is 5.92 Å². The van der Waals surface area contributed by atoms with Gasteiger partial charge in [0.25, 0.3) is 0 Å². The quantitative estimate of drug-likeness (QED) is 0.747. The first-order valence-electron chi connectivity index (χ1n) is 6.13. The molecule has 1 aliphatic rings. The average molecular weight is 214 g/mol. The molecule has 1 heterocycles. The molecule has 0 aromatic heterocycles. The van der Waals surface area contributed by atoms with Gasteiger partial charge in [0.05, 0.1) is 0 Å². The third kappa shape index (κ3) is 5.50. The molecule has 0 spiro atoms. The molecule has 1 fully saturated rings. The van der Waals surface area contributed by atoms with Crippen molar-refractivity contribution in [3.05, 3.63) is 0 Å². The Bertz CT molecular complexity index is 164. The molecule has 0 saturated carbocycles. The fourth-order valence-corrected chi connectivity index (χ4v) is 2.16. The summed E-state index contributed by atoms with van der Waals surface area (Å²) in [7, 11) is 3.99. The van der Waals surface area contributed by atoms with E-state index in [4.69, 9.17) is 4.74 Å². The Morgan fingerprint density at radius 3 is 2.93 bits per heavy atom. The zero-order chi connectivity index (χ0) is 11.1. The lowest BCUT2D eigenvalue weighted by Gasteiger charge is -2.19. The molecule has 1 N–H and O–H groups in total. The van der Waals surface area contributed by atoms with E-state index in [-0.39, 0.29) is 0 Å². The summed E-state index contributed by atoms with van der Waals surface area (Å²) in [4.78, 5) is 2.43. The minimum Gasteiger partial charge on any atom is -0.384 e. The fourth-order valence-electron chi connectivity index (χ4n) is 2.16. The molecule has 3 heteroatoms. The summed E-state index contributed by atoms with van der Waals surface area (Å²) in [6.07, 6.45) is 3.94. The van der Waals surface area contributed by atoms with Crippen molar-refractivity contribution in [2.75, 3.05) is 40.4 Å².